The van der Waals surface area contributed by atoms with Gasteiger partial charge in [-0.1, -0.05) is 431 Å². The van der Waals surface area contributed by atoms with E-state index in [0.29, 0.717) is 17.4 Å². The summed E-state index contributed by atoms with van der Waals surface area (Å²) < 4.78 is 23.5. The van der Waals surface area contributed by atoms with Crippen LogP contribution in [-0.4, -0.2) is 68.5 Å². The normalized spacial score (nSPS) is 13.5. The number of phosphoric acid groups is 1. The van der Waals surface area contributed by atoms with Gasteiger partial charge in [0.05, 0.1) is 39.9 Å². The first-order chi connectivity index (χ1) is 43.5. The Balaban J connectivity index is 3.92. The molecule has 0 saturated carbocycles. The molecule has 532 valence electrons. The van der Waals surface area contributed by atoms with Crippen molar-refractivity contribution in [3.63, 3.8) is 0 Å². The number of amides is 1. The molecule has 0 radical (unpaired) electrons. The number of hydrogen-bond donors (Lipinski definition) is 2. The molecule has 8 nitrogen and oxygen atoms in total. The van der Waals surface area contributed by atoms with Crippen molar-refractivity contribution in [2.45, 2.75) is 456 Å². The molecule has 0 spiro atoms. The Bertz CT molecular complexity index is 1460. The second-order valence-electron chi connectivity index (χ2n) is 29.5. The molecule has 9 heteroatoms. The summed E-state index contributed by atoms with van der Waals surface area (Å²) in [4.78, 5) is 25.7. The Labute approximate surface area is 558 Å². The molecule has 0 aromatic rings. The number of allylic oxidation sites excluding steroid dienone is 1. The first kappa shape index (κ1) is 88.2. The molecule has 0 aliphatic heterocycles. The number of carbonyl (C=O) groups is 1. The first-order valence-electron chi connectivity index (χ1n) is 40.6. The Hall–Kier alpha value is -0.760. The van der Waals surface area contributed by atoms with Gasteiger partial charge in [0, 0.05) is 6.42 Å². The highest BCUT2D eigenvalue weighted by atomic mass is 31.2. The highest BCUT2D eigenvalue weighted by molar-refractivity contribution is 7.45. The average Bonchev–Trinajstić information content (AvgIpc) is 3.69. The van der Waals surface area contributed by atoms with Gasteiger partial charge in [-0.25, -0.2) is 0 Å². The van der Waals surface area contributed by atoms with Crippen molar-refractivity contribution in [3.8, 4) is 0 Å². The van der Waals surface area contributed by atoms with Gasteiger partial charge < -0.3 is 28.8 Å². The Morgan fingerprint density at radius 2 is 0.607 bits per heavy atom. The van der Waals surface area contributed by atoms with Gasteiger partial charge in [-0.2, -0.15) is 0 Å². The van der Waals surface area contributed by atoms with E-state index in [1.165, 1.54) is 385 Å². The van der Waals surface area contributed by atoms with Crippen LogP contribution in [0.3, 0.4) is 0 Å². The van der Waals surface area contributed by atoms with Gasteiger partial charge in [0.15, 0.2) is 0 Å². The molecule has 0 fully saturated rings. The smallest absolute Gasteiger partial charge is 0.268 e. The van der Waals surface area contributed by atoms with Crippen LogP contribution in [0.25, 0.3) is 0 Å². The fourth-order valence-electron chi connectivity index (χ4n) is 13.0. The lowest BCUT2D eigenvalue weighted by molar-refractivity contribution is -0.870. The number of nitrogens with zero attached hydrogens (tertiary/aromatic N) is 1. The summed E-state index contributed by atoms with van der Waals surface area (Å²) in [5.74, 6) is -0.185. The summed E-state index contributed by atoms with van der Waals surface area (Å²) in [7, 11) is 1.29. The standard InChI is InChI=1S/C80H161N2O6P/c1-6-8-10-12-14-16-18-20-22-24-26-28-30-32-34-36-38-39-40-41-42-44-46-48-50-52-54-56-58-60-62-64-66-68-70-72-74-80(84)81-78(77-88-89(85,86)87-76-75-82(3,4)5)79(83)73-71-69-67-65-63-61-59-57-55-53-51-49-47-45-43-37-35-33-31-29-27-25-23-21-19-17-15-13-11-9-7-2/h71,73,78-79,83H,6-70,72,74-77H2,1-5H3,(H-,81,84,85,86)/b73-71+. The van der Waals surface area contributed by atoms with E-state index in [1.54, 1.807) is 6.08 Å². The SMILES string of the molecule is CCCCCCCCCCCCCCCCCCCCCCCCCCCCCCC/C=C/C(O)C(COP(=O)([O-])OCC[N+](C)(C)C)NC(=O)CCCCCCCCCCCCCCCCCCCCCCCCCCCCCCCCCCCCCC. The zero-order valence-electron chi connectivity index (χ0n) is 61.2. The van der Waals surface area contributed by atoms with Crippen LogP contribution in [-0.2, 0) is 18.4 Å². The topological polar surface area (TPSA) is 108 Å². The van der Waals surface area contributed by atoms with Crippen LogP contribution in [0.4, 0.5) is 0 Å². The number of phosphoric ester groups is 1. The van der Waals surface area contributed by atoms with E-state index < -0.39 is 20.0 Å². The van der Waals surface area contributed by atoms with Crippen LogP contribution in [0.5, 0.6) is 0 Å². The minimum atomic E-state index is -4.60. The zero-order valence-corrected chi connectivity index (χ0v) is 62.1. The summed E-state index contributed by atoms with van der Waals surface area (Å²) in [6, 6.07) is -0.885. The number of aliphatic hydroxyl groups excluding tert-OH is 1. The first-order valence-corrected chi connectivity index (χ1v) is 42.0. The largest absolute Gasteiger partial charge is 0.756 e. The van der Waals surface area contributed by atoms with Gasteiger partial charge in [0.25, 0.3) is 7.82 Å². The third-order valence-corrected chi connectivity index (χ3v) is 20.2. The summed E-state index contributed by atoms with van der Waals surface area (Å²) >= 11 is 0. The van der Waals surface area contributed by atoms with Crippen LogP contribution in [0.15, 0.2) is 12.2 Å². The van der Waals surface area contributed by atoms with Crippen LogP contribution in [0, 0.1) is 0 Å². The number of rotatable bonds is 77. The van der Waals surface area contributed by atoms with Gasteiger partial charge in [0.2, 0.25) is 5.91 Å². The van der Waals surface area contributed by atoms with E-state index in [9.17, 15) is 19.4 Å². The third-order valence-electron chi connectivity index (χ3n) is 19.2. The number of carbonyl (C=O) groups excluding carboxylic acids is 1. The van der Waals surface area contributed by atoms with Gasteiger partial charge >= 0.3 is 0 Å². The summed E-state index contributed by atoms with van der Waals surface area (Å²) in [5.41, 5.74) is 0. The minimum Gasteiger partial charge on any atom is -0.756 e. The molecule has 0 aliphatic carbocycles. The molecule has 3 unspecified atom stereocenters. The van der Waals surface area contributed by atoms with E-state index >= 15 is 0 Å². The molecule has 0 saturated heterocycles. The lowest BCUT2D eigenvalue weighted by Gasteiger charge is -2.29. The van der Waals surface area contributed by atoms with Crippen LogP contribution in [0.1, 0.15) is 444 Å². The highest BCUT2D eigenvalue weighted by Crippen LogP contribution is 2.38. The maximum atomic E-state index is 13.1. The van der Waals surface area contributed by atoms with Crippen molar-refractivity contribution in [2.24, 2.45) is 0 Å². The number of likely N-dealkylation sites (N-methyl/N-ethyl adjacent to an activating group) is 1. The van der Waals surface area contributed by atoms with Crippen molar-refractivity contribution in [1.82, 2.24) is 5.32 Å². The molecule has 0 aromatic heterocycles. The molecule has 0 bridgehead atoms. The van der Waals surface area contributed by atoms with E-state index in [2.05, 4.69) is 19.2 Å². The molecular formula is C80H161N2O6P. The maximum Gasteiger partial charge on any atom is 0.268 e. The molecule has 0 rings (SSSR count). The van der Waals surface area contributed by atoms with Crippen molar-refractivity contribution < 1.29 is 32.9 Å². The van der Waals surface area contributed by atoms with Crippen LogP contribution >= 0.6 is 7.82 Å². The number of nitrogens with one attached hydrogen (secondary N) is 1. The molecule has 0 aromatic carbocycles. The number of quaternary nitrogens is 1. The lowest BCUT2D eigenvalue weighted by Crippen LogP contribution is -2.45. The molecule has 0 aliphatic rings. The second-order valence-corrected chi connectivity index (χ2v) is 30.9. The van der Waals surface area contributed by atoms with Crippen molar-refractivity contribution in [1.29, 1.82) is 0 Å². The van der Waals surface area contributed by atoms with Gasteiger partial charge in [-0.15, -0.1) is 0 Å². The second kappa shape index (κ2) is 71.5. The monoisotopic (exact) mass is 1280 g/mol. The van der Waals surface area contributed by atoms with Gasteiger partial charge in [-0.05, 0) is 19.3 Å². The highest BCUT2D eigenvalue weighted by Gasteiger charge is 2.23. The van der Waals surface area contributed by atoms with E-state index in [-0.39, 0.29) is 19.1 Å². The predicted octanol–water partition coefficient (Wildman–Crippen LogP) is 25.8. The zero-order chi connectivity index (χ0) is 64.8. The Kier molecular flexibility index (Phi) is 70.9. The molecule has 1 amide bonds. The summed E-state index contributed by atoms with van der Waals surface area (Å²) in [6.45, 7) is 4.74. The van der Waals surface area contributed by atoms with Crippen molar-refractivity contribution in [3.05, 3.63) is 12.2 Å². The number of unbranched alkanes of at least 4 members (excludes halogenated alkanes) is 64. The number of aliphatic hydroxyl groups is 1. The fourth-order valence-corrected chi connectivity index (χ4v) is 13.7. The fraction of sp³-hybridized carbons (Fsp3) is 0.963. The van der Waals surface area contributed by atoms with Crippen molar-refractivity contribution >= 4 is 13.7 Å². The maximum absolute atomic E-state index is 13.1. The van der Waals surface area contributed by atoms with E-state index in [4.69, 9.17) is 9.05 Å². The molecule has 2 N–H and O–H groups in total. The van der Waals surface area contributed by atoms with E-state index in [0.717, 1.165) is 38.5 Å². The third kappa shape index (κ3) is 74.5. The average molecular weight is 1280 g/mol. The molecule has 89 heavy (non-hydrogen) atoms. The van der Waals surface area contributed by atoms with Gasteiger partial charge in [0.1, 0.15) is 13.2 Å². The Morgan fingerprint density at radius 3 is 0.843 bits per heavy atom. The lowest BCUT2D eigenvalue weighted by atomic mass is 10.0. The van der Waals surface area contributed by atoms with Crippen molar-refractivity contribution in [2.75, 3.05) is 40.9 Å². The molecule has 3 atom stereocenters. The van der Waals surface area contributed by atoms with Crippen LogP contribution in [0.2, 0.25) is 0 Å². The van der Waals surface area contributed by atoms with E-state index in [1.807, 2.05) is 27.2 Å². The predicted molar refractivity (Wildman–Crippen MR) is 390 cm³/mol. The van der Waals surface area contributed by atoms with Crippen LogP contribution < -0.4 is 10.2 Å². The number of hydrogen-bond acceptors (Lipinski definition) is 6. The summed E-state index contributed by atoms with van der Waals surface area (Å²) in [5, 5.41) is 14.0. The minimum absolute atomic E-state index is 0.00318. The Morgan fingerprint density at radius 1 is 0.382 bits per heavy atom. The van der Waals surface area contributed by atoms with Gasteiger partial charge in [-0.3, -0.25) is 9.36 Å². The summed E-state index contributed by atoms with van der Waals surface area (Å²) in [6.07, 6.45) is 93.9. The molecule has 0 heterocycles. The molecular weight excluding hydrogens is 1120 g/mol. The quantitative estimate of drug-likeness (QED) is 0.0272.